The number of benzene rings is 1. The number of alkyl carbamates (subject to hydrolysis) is 1. The molecule has 1 saturated heterocycles. The van der Waals surface area contributed by atoms with Gasteiger partial charge in [-0.2, -0.15) is 0 Å². The van der Waals surface area contributed by atoms with Gasteiger partial charge in [0.05, 0.1) is 6.04 Å². The molecule has 1 aromatic carbocycles. The van der Waals surface area contributed by atoms with Crippen molar-refractivity contribution in [2.24, 2.45) is 0 Å². The molecule has 0 saturated carbocycles. The van der Waals surface area contributed by atoms with E-state index in [4.69, 9.17) is 14.9 Å². The molecule has 118 valence electrons. The second kappa shape index (κ2) is 6.79. The minimum absolute atomic E-state index is 0.0159. The SMILES string of the molecule is O=C(N[C@H]1CC(C(=O)O)N(C(=O)O)C1)OCc1ccccc1. The van der Waals surface area contributed by atoms with Crippen molar-refractivity contribution in [1.29, 1.82) is 0 Å². The fourth-order valence-electron chi connectivity index (χ4n) is 2.32. The van der Waals surface area contributed by atoms with Gasteiger partial charge in [0.25, 0.3) is 0 Å². The van der Waals surface area contributed by atoms with Gasteiger partial charge in [-0.05, 0) is 5.56 Å². The normalized spacial score (nSPS) is 20.5. The van der Waals surface area contributed by atoms with Crippen molar-refractivity contribution >= 4 is 18.2 Å². The predicted octanol–water partition coefficient (Wildman–Crippen LogP) is 1.12. The fraction of sp³-hybridized carbons (Fsp3) is 0.357. The molecule has 2 atom stereocenters. The Kier molecular flexibility index (Phi) is 4.82. The molecule has 0 aromatic heterocycles. The van der Waals surface area contributed by atoms with Gasteiger partial charge in [-0.25, -0.2) is 14.4 Å². The van der Waals surface area contributed by atoms with E-state index in [1.54, 1.807) is 12.1 Å². The summed E-state index contributed by atoms with van der Waals surface area (Å²) in [6.07, 6.45) is -2.01. The van der Waals surface area contributed by atoms with Gasteiger partial charge < -0.3 is 20.3 Å². The van der Waals surface area contributed by atoms with E-state index in [0.29, 0.717) is 0 Å². The Bertz CT molecular complexity index is 540. The van der Waals surface area contributed by atoms with Crippen LogP contribution < -0.4 is 5.32 Å². The number of amides is 2. The van der Waals surface area contributed by atoms with Crippen LogP contribution in [-0.2, 0) is 16.1 Å². The first-order valence-corrected chi connectivity index (χ1v) is 6.67. The largest absolute Gasteiger partial charge is 0.480 e. The van der Waals surface area contributed by atoms with Crippen molar-refractivity contribution in [2.75, 3.05) is 6.54 Å². The minimum Gasteiger partial charge on any atom is -0.480 e. The lowest BCUT2D eigenvalue weighted by atomic mass is 10.2. The maximum absolute atomic E-state index is 11.7. The van der Waals surface area contributed by atoms with Crippen LogP contribution in [-0.4, -0.2) is 51.9 Å². The van der Waals surface area contributed by atoms with E-state index in [1.807, 2.05) is 18.2 Å². The molecule has 1 unspecified atom stereocenters. The van der Waals surface area contributed by atoms with Gasteiger partial charge in [-0.1, -0.05) is 30.3 Å². The molecule has 22 heavy (non-hydrogen) atoms. The second-order valence-electron chi connectivity index (χ2n) is 4.93. The van der Waals surface area contributed by atoms with Crippen LogP contribution in [0.3, 0.4) is 0 Å². The molecule has 2 amide bonds. The average Bonchev–Trinajstić information content (AvgIpc) is 2.90. The Hall–Kier alpha value is -2.77. The summed E-state index contributed by atoms with van der Waals surface area (Å²) < 4.78 is 5.02. The summed E-state index contributed by atoms with van der Waals surface area (Å²) in [4.78, 5) is 34.5. The monoisotopic (exact) mass is 308 g/mol. The van der Waals surface area contributed by atoms with Crippen molar-refractivity contribution in [3.8, 4) is 0 Å². The molecule has 0 bridgehead atoms. The number of likely N-dealkylation sites (tertiary alicyclic amines) is 1. The van der Waals surface area contributed by atoms with Crippen molar-refractivity contribution in [2.45, 2.75) is 25.1 Å². The number of nitrogens with one attached hydrogen (secondary N) is 1. The summed E-state index contributed by atoms with van der Waals surface area (Å²) in [6.45, 7) is 0.0110. The second-order valence-corrected chi connectivity index (χ2v) is 4.93. The highest BCUT2D eigenvalue weighted by Crippen LogP contribution is 2.18. The first-order valence-electron chi connectivity index (χ1n) is 6.67. The van der Waals surface area contributed by atoms with E-state index in [2.05, 4.69) is 5.32 Å². The van der Waals surface area contributed by atoms with E-state index in [1.165, 1.54) is 0 Å². The first-order chi connectivity index (χ1) is 10.5. The molecular weight excluding hydrogens is 292 g/mol. The third kappa shape index (κ3) is 3.87. The molecule has 1 aromatic rings. The van der Waals surface area contributed by atoms with Crippen LogP contribution in [0.4, 0.5) is 9.59 Å². The first kappa shape index (κ1) is 15.6. The zero-order valence-electron chi connectivity index (χ0n) is 11.6. The lowest BCUT2D eigenvalue weighted by Gasteiger charge is -2.16. The number of carboxylic acids is 1. The number of carbonyl (C=O) groups excluding carboxylic acids is 1. The highest BCUT2D eigenvalue weighted by atomic mass is 16.5. The summed E-state index contributed by atoms with van der Waals surface area (Å²) >= 11 is 0. The Labute approximate surface area is 126 Å². The zero-order chi connectivity index (χ0) is 16.1. The van der Waals surface area contributed by atoms with Crippen LogP contribution in [0.2, 0.25) is 0 Å². The van der Waals surface area contributed by atoms with Gasteiger partial charge in [0.1, 0.15) is 12.6 Å². The van der Waals surface area contributed by atoms with Gasteiger partial charge >= 0.3 is 18.2 Å². The molecule has 8 nitrogen and oxygen atoms in total. The van der Waals surface area contributed by atoms with E-state index >= 15 is 0 Å². The van der Waals surface area contributed by atoms with Crippen molar-refractivity contribution in [3.05, 3.63) is 35.9 Å². The molecule has 0 aliphatic carbocycles. The van der Waals surface area contributed by atoms with Crippen molar-refractivity contribution in [1.82, 2.24) is 10.2 Å². The summed E-state index contributed by atoms with van der Waals surface area (Å²) in [5.41, 5.74) is 0.819. The minimum atomic E-state index is -1.32. The number of ether oxygens (including phenoxy) is 1. The van der Waals surface area contributed by atoms with Gasteiger partial charge in [0.2, 0.25) is 0 Å². The summed E-state index contributed by atoms with van der Waals surface area (Å²) in [6, 6.07) is 7.34. The van der Waals surface area contributed by atoms with Crippen LogP contribution >= 0.6 is 0 Å². The lowest BCUT2D eigenvalue weighted by Crippen LogP contribution is -2.40. The maximum atomic E-state index is 11.7. The zero-order valence-corrected chi connectivity index (χ0v) is 11.6. The molecule has 8 heteroatoms. The quantitative estimate of drug-likeness (QED) is 0.767. The number of rotatable bonds is 4. The van der Waals surface area contributed by atoms with Crippen LogP contribution in [0.15, 0.2) is 30.3 Å². The topological polar surface area (TPSA) is 116 Å². The van der Waals surface area contributed by atoms with Crippen molar-refractivity contribution < 1.29 is 29.3 Å². The number of hydrogen-bond acceptors (Lipinski definition) is 4. The molecule has 1 heterocycles. The molecule has 3 N–H and O–H groups in total. The summed E-state index contributed by atoms with van der Waals surface area (Å²) in [7, 11) is 0. The molecule has 2 rings (SSSR count). The average molecular weight is 308 g/mol. The Morgan fingerprint density at radius 3 is 2.45 bits per heavy atom. The van der Waals surface area contributed by atoms with Gasteiger partial charge in [0.15, 0.2) is 0 Å². The predicted molar refractivity (Wildman–Crippen MR) is 74.3 cm³/mol. The van der Waals surface area contributed by atoms with E-state index in [0.717, 1.165) is 10.5 Å². The molecule has 1 aliphatic rings. The molecular formula is C14H16N2O6. The Balaban J connectivity index is 1.84. The number of carbonyl (C=O) groups is 3. The third-order valence-corrected chi connectivity index (χ3v) is 3.37. The van der Waals surface area contributed by atoms with Gasteiger partial charge in [0, 0.05) is 13.0 Å². The number of carboxylic acid groups (broad SMARTS) is 2. The fourth-order valence-corrected chi connectivity index (χ4v) is 2.32. The van der Waals surface area contributed by atoms with E-state index in [9.17, 15) is 14.4 Å². The number of nitrogens with zero attached hydrogens (tertiary/aromatic N) is 1. The van der Waals surface area contributed by atoms with Crippen LogP contribution in [0.1, 0.15) is 12.0 Å². The molecule has 1 fully saturated rings. The van der Waals surface area contributed by atoms with E-state index in [-0.39, 0.29) is 19.6 Å². The smallest absolute Gasteiger partial charge is 0.408 e. The van der Waals surface area contributed by atoms with Gasteiger partial charge in [-0.15, -0.1) is 0 Å². The number of hydrogen-bond donors (Lipinski definition) is 3. The molecule has 0 spiro atoms. The summed E-state index contributed by atoms with van der Waals surface area (Å²) in [5.74, 6) is -1.23. The maximum Gasteiger partial charge on any atom is 0.408 e. The molecule has 0 radical (unpaired) electrons. The van der Waals surface area contributed by atoms with Crippen LogP contribution in [0.5, 0.6) is 0 Å². The third-order valence-electron chi connectivity index (χ3n) is 3.37. The lowest BCUT2D eigenvalue weighted by molar-refractivity contribution is -0.141. The van der Waals surface area contributed by atoms with Gasteiger partial charge in [-0.3, -0.25) is 4.90 Å². The van der Waals surface area contributed by atoms with Crippen LogP contribution in [0, 0.1) is 0 Å². The van der Waals surface area contributed by atoms with Crippen LogP contribution in [0.25, 0.3) is 0 Å². The standard InChI is InChI=1S/C14H16N2O6/c17-12(18)11-6-10(7-16(11)14(20)21)15-13(19)22-8-9-4-2-1-3-5-9/h1-5,10-11H,6-8H2,(H,15,19)(H,17,18)(H,20,21)/t10-,11?/m0/s1. The highest BCUT2D eigenvalue weighted by Gasteiger charge is 2.40. The van der Waals surface area contributed by atoms with E-state index < -0.39 is 30.2 Å². The Morgan fingerprint density at radius 1 is 1.23 bits per heavy atom. The number of aliphatic carboxylic acids is 1. The Morgan fingerprint density at radius 2 is 1.91 bits per heavy atom. The van der Waals surface area contributed by atoms with Crippen molar-refractivity contribution in [3.63, 3.8) is 0 Å². The molecule has 1 aliphatic heterocycles. The summed E-state index contributed by atoms with van der Waals surface area (Å²) in [5, 5.41) is 20.4. The highest BCUT2D eigenvalue weighted by molar-refractivity contribution is 5.80.